The Morgan fingerprint density at radius 1 is 1.03 bits per heavy atom. The van der Waals surface area contributed by atoms with Crippen LogP contribution in [0.25, 0.3) is 0 Å². The maximum atomic E-state index is 14.6. The average Bonchev–Trinajstić information content (AvgIpc) is 3.25. The van der Waals surface area contributed by atoms with E-state index in [-0.39, 0.29) is 35.6 Å². The molecule has 0 aliphatic carbocycles. The van der Waals surface area contributed by atoms with Crippen LogP contribution in [0.5, 0.6) is 0 Å². The Morgan fingerprint density at radius 3 is 2.49 bits per heavy atom. The first-order valence-electron chi connectivity index (χ1n) is 14.5. The summed E-state index contributed by atoms with van der Waals surface area (Å²) in [6.07, 6.45) is 11.3. The third-order valence-corrected chi connectivity index (χ3v) is 10.6. The molecule has 1 N–H and O–H groups in total. The molecule has 3 amide bonds. The number of aliphatic hydroxyl groups excluding tert-OH is 1. The Bertz CT molecular complexity index is 1140. The molecule has 4 aliphatic heterocycles. The van der Waals surface area contributed by atoms with Gasteiger partial charge in [0.2, 0.25) is 17.7 Å². The van der Waals surface area contributed by atoms with E-state index in [4.69, 9.17) is 0 Å². The van der Waals surface area contributed by atoms with Crippen molar-refractivity contribution in [3.05, 3.63) is 60.2 Å². The van der Waals surface area contributed by atoms with Crippen molar-refractivity contribution >= 4 is 29.5 Å². The van der Waals surface area contributed by atoms with Crippen LogP contribution in [-0.4, -0.2) is 91.9 Å². The molecule has 1 spiro atoms. The van der Waals surface area contributed by atoms with Crippen molar-refractivity contribution in [3.8, 4) is 0 Å². The Morgan fingerprint density at radius 2 is 1.79 bits per heavy atom. The molecular formula is C31H41N3O4S. The summed E-state index contributed by atoms with van der Waals surface area (Å²) in [5, 5.41) is 10.5. The summed E-state index contributed by atoms with van der Waals surface area (Å²) in [4.78, 5) is 48.5. The van der Waals surface area contributed by atoms with E-state index in [9.17, 15) is 19.5 Å². The molecule has 0 bridgehead atoms. The number of hydrogen-bond donors (Lipinski definition) is 1. The third kappa shape index (κ3) is 4.73. The highest BCUT2D eigenvalue weighted by atomic mass is 32.2. The Balaban J connectivity index is 1.61. The third-order valence-electron chi connectivity index (χ3n) is 8.86. The summed E-state index contributed by atoms with van der Waals surface area (Å²) in [5.74, 6) is -1.45. The largest absolute Gasteiger partial charge is 0.394 e. The van der Waals surface area contributed by atoms with E-state index in [0.29, 0.717) is 26.1 Å². The second-order valence-electron chi connectivity index (χ2n) is 11.4. The Labute approximate surface area is 236 Å². The van der Waals surface area contributed by atoms with Crippen molar-refractivity contribution in [1.29, 1.82) is 0 Å². The molecule has 4 aliphatic rings. The molecule has 2 unspecified atom stereocenters. The molecule has 210 valence electrons. The van der Waals surface area contributed by atoms with Crippen molar-refractivity contribution in [2.75, 3.05) is 26.2 Å². The first-order valence-corrected chi connectivity index (χ1v) is 15.3. The number of fused-ring (bicyclic) bond motifs is 2. The molecule has 0 radical (unpaired) electrons. The highest BCUT2D eigenvalue weighted by Crippen LogP contribution is 2.61. The molecule has 0 saturated carbocycles. The lowest BCUT2D eigenvalue weighted by atomic mass is 9.78. The molecule has 2 saturated heterocycles. The summed E-state index contributed by atoms with van der Waals surface area (Å²) >= 11 is 1.61. The number of nitrogens with zero attached hydrogens (tertiary/aromatic N) is 3. The topological polar surface area (TPSA) is 81.2 Å². The molecule has 7 atom stereocenters. The number of hydrogen-bond acceptors (Lipinski definition) is 5. The molecular weight excluding hydrogens is 510 g/mol. The first kappa shape index (κ1) is 28.0. The molecule has 5 rings (SSSR count). The minimum atomic E-state index is -0.858. The van der Waals surface area contributed by atoms with Gasteiger partial charge in [-0.2, -0.15) is 0 Å². The van der Waals surface area contributed by atoms with Crippen LogP contribution in [0.1, 0.15) is 45.6 Å². The summed E-state index contributed by atoms with van der Waals surface area (Å²) < 4.78 is -0.858. The van der Waals surface area contributed by atoms with Crippen LogP contribution in [0.3, 0.4) is 0 Å². The van der Waals surface area contributed by atoms with Gasteiger partial charge in [0, 0.05) is 30.9 Å². The van der Waals surface area contributed by atoms with Gasteiger partial charge in [0.1, 0.15) is 6.04 Å². The second kappa shape index (κ2) is 11.5. The lowest BCUT2D eigenvalue weighted by molar-refractivity contribution is -0.147. The van der Waals surface area contributed by atoms with E-state index in [1.165, 1.54) is 0 Å². The van der Waals surface area contributed by atoms with Gasteiger partial charge in [-0.15, -0.1) is 11.8 Å². The summed E-state index contributed by atoms with van der Waals surface area (Å²) in [7, 11) is 0. The van der Waals surface area contributed by atoms with Crippen molar-refractivity contribution < 1.29 is 19.5 Å². The van der Waals surface area contributed by atoms with Gasteiger partial charge >= 0.3 is 0 Å². The molecule has 2 fully saturated rings. The zero-order chi connectivity index (χ0) is 27.7. The summed E-state index contributed by atoms with van der Waals surface area (Å²) in [6.45, 7) is 7.65. The van der Waals surface area contributed by atoms with Gasteiger partial charge < -0.3 is 19.8 Å². The average molecular weight is 552 g/mol. The van der Waals surface area contributed by atoms with Crippen molar-refractivity contribution in [3.63, 3.8) is 0 Å². The van der Waals surface area contributed by atoms with Crippen LogP contribution < -0.4 is 0 Å². The van der Waals surface area contributed by atoms with Gasteiger partial charge in [0.25, 0.3) is 0 Å². The lowest BCUT2D eigenvalue weighted by Gasteiger charge is -2.40. The van der Waals surface area contributed by atoms with Gasteiger partial charge in [-0.05, 0) is 31.7 Å². The SMILES string of the molecule is CCCC(C)N1CC=C[C@]23S[C@@H]4C=CCN(CCC)C(=O)[C@@H]4[C@H]2C(=O)N([C@@H](CO)Cc2ccccc2)C3C1=O. The van der Waals surface area contributed by atoms with Gasteiger partial charge in [-0.3, -0.25) is 14.4 Å². The standard InChI is InChI=1S/C31H41N3O4S/c1-4-11-21(3)33-18-10-15-31-26(25-24(39-31)14-9-17-32(16-5-2)28(25)36)29(37)34(27(31)30(33)38)23(20-35)19-22-12-7-6-8-13-22/h6-10,12-15,21,23-27,35H,4-5,11,16-20H2,1-3H3/t21?,23-,24-,25+,26+,27?,31+/m1/s1. The zero-order valence-electron chi connectivity index (χ0n) is 23.2. The fourth-order valence-electron chi connectivity index (χ4n) is 7.12. The minimum Gasteiger partial charge on any atom is -0.394 e. The smallest absolute Gasteiger partial charge is 0.247 e. The van der Waals surface area contributed by atoms with Crippen molar-refractivity contribution in [1.82, 2.24) is 14.7 Å². The van der Waals surface area contributed by atoms with Crippen LogP contribution in [0.4, 0.5) is 0 Å². The minimum absolute atomic E-state index is 0.0000796. The quantitative estimate of drug-likeness (QED) is 0.477. The predicted octanol–water partition coefficient (Wildman–Crippen LogP) is 3.28. The molecule has 39 heavy (non-hydrogen) atoms. The van der Waals surface area contributed by atoms with E-state index in [1.54, 1.807) is 16.7 Å². The van der Waals surface area contributed by atoms with Gasteiger partial charge in [0.05, 0.1) is 29.2 Å². The number of carbonyl (C=O) groups is 3. The molecule has 1 aromatic rings. The highest BCUT2D eigenvalue weighted by Gasteiger charge is 2.71. The van der Waals surface area contributed by atoms with Crippen LogP contribution in [0, 0.1) is 11.8 Å². The van der Waals surface area contributed by atoms with Crippen molar-refractivity contribution in [2.45, 2.75) is 74.6 Å². The Kier molecular flexibility index (Phi) is 8.24. The Hall–Kier alpha value is -2.58. The van der Waals surface area contributed by atoms with E-state index in [0.717, 1.165) is 24.8 Å². The van der Waals surface area contributed by atoms with Crippen LogP contribution >= 0.6 is 11.8 Å². The fraction of sp³-hybridized carbons (Fsp3) is 0.581. The summed E-state index contributed by atoms with van der Waals surface area (Å²) in [5.41, 5.74) is 0.997. The number of thioether (sulfide) groups is 1. The monoisotopic (exact) mass is 551 g/mol. The molecule has 7 nitrogen and oxygen atoms in total. The maximum Gasteiger partial charge on any atom is 0.247 e. The number of benzene rings is 1. The van der Waals surface area contributed by atoms with Crippen LogP contribution in [0.2, 0.25) is 0 Å². The van der Waals surface area contributed by atoms with E-state index < -0.39 is 28.7 Å². The summed E-state index contributed by atoms with van der Waals surface area (Å²) in [6, 6.07) is 8.49. The number of carbonyl (C=O) groups excluding carboxylic acids is 3. The molecule has 1 aromatic carbocycles. The van der Waals surface area contributed by atoms with Gasteiger partial charge in [-0.1, -0.05) is 74.9 Å². The maximum absolute atomic E-state index is 14.6. The molecule has 0 aromatic heterocycles. The van der Waals surface area contributed by atoms with Crippen LogP contribution in [0.15, 0.2) is 54.6 Å². The van der Waals surface area contributed by atoms with Gasteiger partial charge in [0.15, 0.2) is 0 Å². The lowest BCUT2D eigenvalue weighted by Crippen LogP contribution is -2.58. The highest BCUT2D eigenvalue weighted by molar-refractivity contribution is 8.02. The van der Waals surface area contributed by atoms with Crippen molar-refractivity contribution in [2.24, 2.45) is 11.8 Å². The number of aliphatic hydroxyl groups is 1. The number of rotatable bonds is 9. The van der Waals surface area contributed by atoms with E-state index >= 15 is 0 Å². The number of likely N-dealkylation sites (tertiary alicyclic amines) is 1. The van der Waals surface area contributed by atoms with E-state index in [2.05, 4.69) is 32.9 Å². The number of amides is 3. The van der Waals surface area contributed by atoms with Crippen LogP contribution in [-0.2, 0) is 20.8 Å². The normalized spacial score (nSPS) is 31.6. The molecule has 8 heteroatoms. The molecule has 4 heterocycles. The second-order valence-corrected chi connectivity index (χ2v) is 12.8. The van der Waals surface area contributed by atoms with E-state index in [1.807, 2.05) is 52.3 Å². The zero-order valence-corrected chi connectivity index (χ0v) is 24.1. The van der Waals surface area contributed by atoms with Gasteiger partial charge in [-0.25, -0.2) is 0 Å². The fourth-order valence-corrected chi connectivity index (χ4v) is 9.11. The first-order chi connectivity index (χ1) is 18.9. The predicted molar refractivity (Wildman–Crippen MR) is 154 cm³/mol.